The van der Waals surface area contributed by atoms with E-state index in [9.17, 15) is 4.79 Å². The number of nitrogen functional groups attached to an aromatic ring is 1. The number of carbonyl (C=O) groups is 1. The normalized spacial score (nSPS) is 10.3. The van der Waals surface area contributed by atoms with Crippen molar-refractivity contribution in [1.29, 1.82) is 0 Å². The van der Waals surface area contributed by atoms with E-state index in [2.05, 4.69) is 11.7 Å². The highest BCUT2D eigenvalue weighted by Crippen LogP contribution is 2.14. The molecular weight excluding hydrogens is 216 g/mol. The summed E-state index contributed by atoms with van der Waals surface area (Å²) in [5.74, 6) is 0.0259. The van der Waals surface area contributed by atoms with Crippen molar-refractivity contribution in [2.45, 2.75) is 27.3 Å². The molecule has 0 saturated heterocycles. The third kappa shape index (κ3) is 2.87. The zero-order valence-electron chi connectivity index (χ0n) is 10.7. The summed E-state index contributed by atoms with van der Waals surface area (Å²) < 4.78 is 1.65. The zero-order chi connectivity index (χ0) is 13.0. The van der Waals surface area contributed by atoms with Crippen molar-refractivity contribution < 1.29 is 4.79 Å². The number of aromatic nitrogens is 2. The third-order valence-corrected chi connectivity index (χ3v) is 2.81. The van der Waals surface area contributed by atoms with Crippen molar-refractivity contribution in [2.24, 2.45) is 0 Å². The summed E-state index contributed by atoms with van der Waals surface area (Å²) in [6.07, 6.45) is 1.72. The molecule has 0 aliphatic carbocycles. The molecule has 0 saturated carbocycles. The molecule has 0 unspecified atom stereocenters. The standard InChI is InChI=1S/C12H20N4O/c1-5-7-15(6-2)11(17)8-16-10(4)12(13)9(3)14-16/h5H,1,6-8,13H2,2-4H3. The fourth-order valence-electron chi connectivity index (χ4n) is 1.66. The van der Waals surface area contributed by atoms with Crippen LogP contribution < -0.4 is 5.73 Å². The van der Waals surface area contributed by atoms with Gasteiger partial charge in [0.2, 0.25) is 5.91 Å². The Balaban J connectivity index is 2.79. The summed E-state index contributed by atoms with van der Waals surface area (Å²) in [6, 6.07) is 0. The molecule has 0 atom stereocenters. The molecule has 1 aromatic heterocycles. The first kappa shape index (κ1) is 13.3. The number of carbonyl (C=O) groups excluding carboxylic acids is 1. The lowest BCUT2D eigenvalue weighted by atomic mass is 10.3. The molecule has 0 aliphatic rings. The minimum atomic E-state index is 0.0259. The van der Waals surface area contributed by atoms with Crippen LogP contribution in [0, 0.1) is 13.8 Å². The van der Waals surface area contributed by atoms with Crippen LogP contribution in [0.2, 0.25) is 0 Å². The first-order chi connectivity index (χ1) is 8.01. The van der Waals surface area contributed by atoms with Gasteiger partial charge >= 0.3 is 0 Å². The topological polar surface area (TPSA) is 64.2 Å². The summed E-state index contributed by atoms with van der Waals surface area (Å²) in [7, 11) is 0. The fourth-order valence-corrected chi connectivity index (χ4v) is 1.66. The number of amides is 1. The molecule has 0 fully saturated rings. The Bertz CT molecular complexity index is 422. The van der Waals surface area contributed by atoms with Gasteiger partial charge in [0, 0.05) is 13.1 Å². The molecule has 0 aliphatic heterocycles. The van der Waals surface area contributed by atoms with Gasteiger partial charge in [0.15, 0.2) is 0 Å². The summed E-state index contributed by atoms with van der Waals surface area (Å²) >= 11 is 0. The smallest absolute Gasteiger partial charge is 0.244 e. The zero-order valence-corrected chi connectivity index (χ0v) is 10.7. The van der Waals surface area contributed by atoms with Gasteiger partial charge in [-0.25, -0.2) is 0 Å². The van der Waals surface area contributed by atoms with Gasteiger partial charge in [0.25, 0.3) is 0 Å². The van der Waals surface area contributed by atoms with E-state index in [1.54, 1.807) is 15.7 Å². The first-order valence-electron chi connectivity index (χ1n) is 5.69. The van der Waals surface area contributed by atoms with E-state index >= 15 is 0 Å². The summed E-state index contributed by atoms with van der Waals surface area (Å²) in [6.45, 7) is 10.7. The Morgan fingerprint density at radius 2 is 2.24 bits per heavy atom. The number of hydrogen-bond donors (Lipinski definition) is 1. The van der Waals surface area contributed by atoms with Gasteiger partial charge in [-0.05, 0) is 20.8 Å². The van der Waals surface area contributed by atoms with Crippen molar-refractivity contribution in [3.8, 4) is 0 Å². The maximum absolute atomic E-state index is 12.0. The van der Waals surface area contributed by atoms with E-state index in [0.717, 1.165) is 11.4 Å². The van der Waals surface area contributed by atoms with Crippen LogP contribution in [0.5, 0.6) is 0 Å². The number of nitrogens with two attached hydrogens (primary N) is 1. The maximum Gasteiger partial charge on any atom is 0.244 e. The number of likely N-dealkylation sites (N-methyl/N-ethyl adjacent to an activating group) is 1. The minimum Gasteiger partial charge on any atom is -0.396 e. The SMILES string of the molecule is C=CCN(CC)C(=O)Cn1nc(C)c(N)c1C. The maximum atomic E-state index is 12.0. The van der Waals surface area contributed by atoms with Gasteiger partial charge in [-0.1, -0.05) is 6.08 Å². The Kier molecular flexibility index (Phi) is 4.31. The average molecular weight is 236 g/mol. The van der Waals surface area contributed by atoms with E-state index in [-0.39, 0.29) is 12.5 Å². The molecule has 1 rings (SSSR count). The largest absolute Gasteiger partial charge is 0.396 e. The second kappa shape index (κ2) is 5.52. The van der Waals surface area contributed by atoms with Crippen LogP contribution >= 0.6 is 0 Å². The molecule has 1 aromatic rings. The molecule has 2 N–H and O–H groups in total. The Labute approximate surface area is 102 Å². The molecule has 1 amide bonds. The summed E-state index contributed by atoms with van der Waals surface area (Å²) in [5.41, 5.74) is 8.08. The van der Waals surface area contributed by atoms with Crippen LogP contribution in [0.25, 0.3) is 0 Å². The van der Waals surface area contributed by atoms with Crippen LogP contribution in [-0.4, -0.2) is 33.7 Å². The Morgan fingerprint density at radius 1 is 1.59 bits per heavy atom. The van der Waals surface area contributed by atoms with Gasteiger partial charge in [-0.3, -0.25) is 9.48 Å². The number of nitrogens with zero attached hydrogens (tertiary/aromatic N) is 3. The van der Waals surface area contributed by atoms with Crippen LogP contribution in [0.15, 0.2) is 12.7 Å². The molecule has 1 heterocycles. The number of aryl methyl sites for hydroxylation is 1. The molecule has 5 heteroatoms. The molecule has 0 bridgehead atoms. The van der Waals surface area contributed by atoms with Crippen molar-refractivity contribution in [3.63, 3.8) is 0 Å². The molecule has 0 spiro atoms. The summed E-state index contributed by atoms with van der Waals surface area (Å²) in [4.78, 5) is 13.7. The highest BCUT2D eigenvalue weighted by Gasteiger charge is 2.14. The second-order valence-corrected chi connectivity index (χ2v) is 3.96. The lowest BCUT2D eigenvalue weighted by Crippen LogP contribution is -2.34. The summed E-state index contributed by atoms with van der Waals surface area (Å²) in [5, 5.41) is 4.24. The van der Waals surface area contributed by atoms with Crippen LogP contribution in [0.4, 0.5) is 5.69 Å². The predicted molar refractivity (Wildman–Crippen MR) is 68.6 cm³/mol. The van der Waals surface area contributed by atoms with E-state index < -0.39 is 0 Å². The van der Waals surface area contributed by atoms with Gasteiger partial charge in [-0.2, -0.15) is 5.10 Å². The van der Waals surface area contributed by atoms with Crippen molar-refractivity contribution in [1.82, 2.24) is 14.7 Å². The first-order valence-corrected chi connectivity index (χ1v) is 5.69. The Hall–Kier alpha value is -1.78. The molecule has 5 nitrogen and oxygen atoms in total. The van der Waals surface area contributed by atoms with E-state index in [1.165, 1.54) is 0 Å². The van der Waals surface area contributed by atoms with Gasteiger partial charge in [0.1, 0.15) is 6.54 Å². The predicted octanol–water partition coefficient (Wildman–Crippen LogP) is 1.12. The Morgan fingerprint density at radius 3 is 2.65 bits per heavy atom. The molecular formula is C12H20N4O. The van der Waals surface area contributed by atoms with Crippen LogP contribution in [0.3, 0.4) is 0 Å². The molecule has 17 heavy (non-hydrogen) atoms. The van der Waals surface area contributed by atoms with Crippen molar-refractivity contribution in [3.05, 3.63) is 24.0 Å². The van der Waals surface area contributed by atoms with Crippen molar-refractivity contribution >= 4 is 11.6 Å². The van der Waals surface area contributed by atoms with Crippen molar-refractivity contribution in [2.75, 3.05) is 18.8 Å². The van der Waals surface area contributed by atoms with Gasteiger partial charge < -0.3 is 10.6 Å². The van der Waals surface area contributed by atoms with Gasteiger partial charge in [-0.15, -0.1) is 6.58 Å². The number of hydrogen-bond acceptors (Lipinski definition) is 3. The van der Waals surface area contributed by atoms with Crippen LogP contribution in [-0.2, 0) is 11.3 Å². The van der Waals surface area contributed by atoms with Crippen LogP contribution in [0.1, 0.15) is 18.3 Å². The number of anilines is 1. The highest BCUT2D eigenvalue weighted by atomic mass is 16.2. The number of rotatable bonds is 5. The molecule has 0 radical (unpaired) electrons. The second-order valence-electron chi connectivity index (χ2n) is 3.96. The molecule has 0 aromatic carbocycles. The van der Waals surface area contributed by atoms with E-state index in [4.69, 9.17) is 5.73 Å². The van der Waals surface area contributed by atoms with E-state index in [0.29, 0.717) is 18.8 Å². The third-order valence-electron chi connectivity index (χ3n) is 2.81. The highest BCUT2D eigenvalue weighted by molar-refractivity contribution is 5.76. The molecule has 94 valence electrons. The minimum absolute atomic E-state index is 0.0259. The monoisotopic (exact) mass is 236 g/mol. The van der Waals surface area contributed by atoms with Gasteiger partial charge in [0.05, 0.1) is 17.1 Å². The lowest BCUT2D eigenvalue weighted by molar-refractivity contribution is -0.131. The quantitative estimate of drug-likeness (QED) is 0.779. The van der Waals surface area contributed by atoms with E-state index in [1.807, 2.05) is 20.8 Å². The average Bonchev–Trinajstić information content (AvgIpc) is 2.54. The lowest BCUT2D eigenvalue weighted by Gasteiger charge is -2.19. The fraction of sp³-hybridized carbons (Fsp3) is 0.500.